The molecule has 2 fully saturated rings. The number of aromatic carboxylic acids is 2. The molecule has 2 unspecified atom stereocenters. The number of nitrogens with two attached hydrogens (primary N) is 2. The average Bonchev–Trinajstić information content (AvgIpc) is 1.35. The van der Waals surface area contributed by atoms with Crippen LogP contribution in [0.1, 0.15) is 53.9 Å². The fraction of sp³-hybridized carbons (Fsp3) is 0.206. The number of phosphoric ester groups is 2. The summed E-state index contributed by atoms with van der Waals surface area (Å²) in [5.74, 6) is -4.27. The molecule has 4 amide bonds. The molecular formula is C68H62N14O34P4. The van der Waals surface area contributed by atoms with E-state index in [0.29, 0.717) is 33.0 Å². The van der Waals surface area contributed by atoms with Crippen LogP contribution in [0.25, 0.3) is 89.2 Å². The molecule has 2 aliphatic carbocycles. The highest BCUT2D eigenvalue weighted by Gasteiger charge is 2.51. The minimum Gasteiger partial charge on any atom is -0.508 e. The minimum absolute atomic E-state index is 0.0185. The first-order valence-electron chi connectivity index (χ1n) is 34.4. The molecule has 0 saturated carbocycles. The smallest absolute Gasteiger partial charge is 0.481 e. The Bertz CT molecular complexity index is 6340. The van der Waals surface area contributed by atoms with Gasteiger partial charge in [0, 0.05) is 94.6 Å². The maximum Gasteiger partial charge on any atom is 0.481 e. The fourth-order valence-electron chi connectivity index (χ4n) is 12.9. The van der Waals surface area contributed by atoms with Gasteiger partial charge in [-0.1, -0.05) is 12.1 Å². The maximum atomic E-state index is 13.2. The van der Waals surface area contributed by atoms with E-state index in [1.807, 2.05) is 0 Å². The minimum atomic E-state index is -5.50. The first kappa shape index (κ1) is 85.2. The molecule has 0 radical (unpaired) electrons. The number of imidazole rings is 2. The average molecular weight is 1740 g/mol. The Kier molecular flexibility index (Phi) is 24.4. The van der Waals surface area contributed by atoms with Gasteiger partial charge >= 0.3 is 55.4 Å². The Labute approximate surface area is 666 Å². The number of phenolic OH excluding ortho intramolecular Hbond substituents is 2. The second-order valence-electron chi connectivity index (χ2n) is 25.8. The summed E-state index contributed by atoms with van der Waals surface area (Å²) in [5, 5.41) is 73.5. The van der Waals surface area contributed by atoms with Gasteiger partial charge in [-0.05, 0) is 83.9 Å². The number of amides is 4. The van der Waals surface area contributed by atoms with Gasteiger partial charge in [-0.3, -0.25) is 37.4 Å². The van der Waals surface area contributed by atoms with Gasteiger partial charge in [-0.25, -0.2) is 67.3 Å². The largest absolute Gasteiger partial charge is 0.508 e. The molecule has 120 heavy (non-hydrogen) atoms. The maximum absolute atomic E-state index is 13.2. The lowest BCUT2D eigenvalue weighted by Gasteiger charge is -2.22. The molecule has 14 rings (SSSR count). The molecule has 20 N–H and O–H groups in total. The fourth-order valence-corrected chi connectivity index (χ4v) is 16.1. The predicted octanol–water partition coefficient (Wildman–Crippen LogP) is 3.40. The van der Waals surface area contributed by atoms with E-state index in [1.54, 1.807) is 0 Å². The third-order valence-corrected chi connectivity index (χ3v) is 22.2. The van der Waals surface area contributed by atoms with Crippen LogP contribution in [0.5, 0.6) is 11.5 Å². The molecule has 628 valence electrons. The monoisotopic (exact) mass is 1740 g/mol. The van der Waals surface area contributed by atoms with E-state index in [2.05, 4.69) is 68.8 Å². The first-order chi connectivity index (χ1) is 56.8. The Hall–Kier alpha value is -12.7. The number of aromatic nitrogens is 8. The zero-order chi connectivity index (χ0) is 86.2. The molecule has 4 aromatic carbocycles. The van der Waals surface area contributed by atoms with Crippen molar-refractivity contribution in [1.29, 1.82) is 0 Å². The second-order valence-corrected chi connectivity index (χ2v) is 31.5. The van der Waals surface area contributed by atoms with Crippen molar-refractivity contribution < 1.29 is 152 Å². The van der Waals surface area contributed by atoms with E-state index in [-0.39, 0.29) is 139 Å². The summed E-state index contributed by atoms with van der Waals surface area (Å²) in [6, 6.07) is 24.3. The number of carbonyl (C=O) groups is 6. The van der Waals surface area contributed by atoms with Crippen LogP contribution in [0.3, 0.4) is 0 Å². The van der Waals surface area contributed by atoms with Crippen LogP contribution in [0.2, 0.25) is 0 Å². The molecule has 10 atom stereocenters. The molecule has 0 bridgehead atoms. The normalized spacial score (nSPS) is 19.0. The van der Waals surface area contributed by atoms with E-state index in [1.165, 1.54) is 119 Å². The van der Waals surface area contributed by atoms with E-state index in [0.717, 1.165) is 24.8 Å². The molecule has 6 aliphatic rings. The number of aliphatic hydroxyl groups excluding tert-OH is 2. The lowest BCUT2D eigenvalue weighted by atomic mass is 9.90. The number of aromatic hydroxyl groups is 2. The molecule has 4 aliphatic heterocycles. The standard InChI is InChI=1S/2C34H31N7O17P2/c35-29-26-30(39-13-38-29)41(14-40-26)32-27(44)28(24(56-32)12-54-60(52,53)58-59(49,50)51)57-34(48)37-8-7-36-31(45)15-1-4-18(21(9-15)33(46)47)25-19-5-2-16(42)10-22(19)55-23-11-17(43)3-6-20(23)25;35-29-26-30(39-13-38-29)41(14-40-26)32-28(27(44)24(56-32)12-54-60(52,53)58-59(49,50)51)57-34(48)37-8-7-36-31(45)15-1-4-18(21(9-15)33(46)47)25-19-5-2-16(42)10-22(19)55-23-11-17(43)3-6-20(23)25/h2*1-6,9-11,13-14,24,27-28,32,42,44H,7-8,12H2,(H,36,45)(H,37,48)(H,46,47)(H,52,53)(H2,35,38,39)(H2,49,50,51)/t2*24-,27-,28-,32-/m11/s1. The summed E-state index contributed by atoms with van der Waals surface area (Å²) >= 11 is 0. The summed E-state index contributed by atoms with van der Waals surface area (Å²) in [5.41, 5.74) is 12.9. The van der Waals surface area contributed by atoms with Gasteiger partial charge in [0.25, 0.3) is 11.8 Å². The Balaban J connectivity index is 0.000000207. The van der Waals surface area contributed by atoms with Crippen molar-refractivity contribution >= 4 is 123 Å². The number of nitrogen functional groups attached to an aromatic ring is 2. The van der Waals surface area contributed by atoms with Gasteiger partial charge in [-0.15, -0.1) is 0 Å². The number of phenols is 2. The van der Waals surface area contributed by atoms with Gasteiger partial charge in [0.2, 0.25) is 0 Å². The van der Waals surface area contributed by atoms with Gasteiger partial charge in [0.15, 0.2) is 58.5 Å². The van der Waals surface area contributed by atoms with E-state index in [4.69, 9.17) is 58.8 Å². The third kappa shape index (κ3) is 19.1. The van der Waals surface area contributed by atoms with Crippen LogP contribution in [0, 0.1) is 0 Å². The number of carbonyl (C=O) groups excluding carboxylic acids is 4. The van der Waals surface area contributed by atoms with Crippen molar-refractivity contribution in [2.24, 2.45) is 0 Å². The van der Waals surface area contributed by atoms with Gasteiger partial charge in [0.05, 0.1) is 37.0 Å². The summed E-state index contributed by atoms with van der Waals surface area (Å²) < 4.78 is 99.6. The van der Waals surface area contributed by atoms with Crippen LogP contribution in [-0.2, 0) is 54.9 Å². The first-order valence-corrected chi connectivity index (χ1v) is 40.4. The van der Waals surface area contributed by atoms with E-state index in [9.17, 15) is 97.0 Å². The van der Waals surface area contributed by atoms with Crippen molar-refractivity contribution in [3.05, 3.63) is 177 Å². The van der Waals surface area contributed by atoms with E-state index < -0.39 is 130 Å². The molecule has 8 aromatic rings. The summed E-state index contributed by atoms with van der Waals surface area (Å²) in [4.78, 5) is 181. The summed E-state index contributed by atoms with van der Waals surface area (Å²) in [6.07, 6.45) is -10.7. The number of hydrogen-bond acceptors (Lipinski definition) is 34. The molecule has 52 heteroatoms. The van der Waals surface area contributed by atoms with E-state index >= 15 is 0 Å². The predicted molar refractivity (Wildman–Crippen MR) is 405 cm³/mol. The number of carboxylic acids is 2. The highest BCUT2D eigenvalue weighted by atomic mass is 31.3. The molecule has 8 heterocycles. The summed E-state index contributed by atoms with van der Waals surface area (Å²) in [6.45, 7) is -3.00. The molecule has 0 spiro atoms. The number of rotatable bonds is 26. The van der Waals surface area contributed by atoms with Crippen molar-refractivity contribution in [2.45, 2.75) is 49.1 Å². The Morgan fingerprint density at radius 2 is 0.883 bits per heavy atom. The Morgan fingerprint density at radius 3 is 1.32 bits per heavy atom. The number of alkyl carbamates (subject to hydrolysis) is 2. The number of ether oxygens (including phenoxy) is 4. The lowest BCUT2D eigenvalue weighted by Crippen LogP contribution is -2.42. The van der Waals surface area contributed by atoms with Crippen LogP contribution in [0.4, 0.5) is 21.2 Å². The highest BCUT2D eigenvalue weighted by Crippen LogP contribution is 2.59. The molecule has 4 aromatic heterocycles. The third-order valence-electron chi connectivity index (χ3n) is 17.9. The number of aliphatic hydroxyl groups is 2. The number of anilines is 2. The number of benzene rings is 6. The topological polar surface area (TPSA) is 735 Å². The number of carboxylic acid groups (broad SMARTS) is 2. The number of hydrogen-bond donors (Lipinski definition) is 18. The van der Waals surface area contributed by atoms with Crippen molar-refractivity contribution in [2.75, 3.05) is 50.9 Å². The highest BCUT2D eigenvalue weighted by molar-refractivity contribution is 7.61. The van der Waals surface area contributed by atoms with Crippen LogP contribution >= 0.6 is 31.3 Å². The number of fused-ring (bicyclic) bond motifs is 6. The molecule has 48 nitrogen and oxygen atoms in total. The lowest BCUT2D eigenvalue weighted by molar-refractivity contribution is -0.0522. The van der Waals surface area contributed by atoms with Gasteiger partial charge < -0.3 is 121 Å². The van der Waals surface area contributed by atoms with Crippen LogP contribution in [0.15, 0.2) is 153 Å². The zero-order valence-corrected chi connectivity index (χ0v) is 64.0. The van der Waals surface area contributed by atoms with Crippen molar-refractivity contribution in [3.8, 4) is 56.4 Å². The SMILES string of the molecule is Nc1ncnc2c1ncn2[C@@H]1O[C@H](COP(=O)(O)OP(=O)(O)O)[C@@H](O)[C@H]1OC(=O)NCCNC(=O)c1ccc(-c2c3ccc(=O)cc-3oc3cc(O)ccc23)c(C(=O)O)c1.Nc1ncnc2c1ncn2[C@@H]1O[C@H](COP(=O)(O)OP(=O)(O)O)[C@@H](OC(=O)NCCNC(=O)c2ccc(-c3c4ccc(=O)cc-4oc4cc(O)ccc34)c(C(=O)O)c2)[C@H]1O. The van der Waals surface area contributed by atoms with Gasteiger partial charge in [-0.2, -0.15) is 8.62 Å². The number of nitrogens with one attached hydrogen (secondary N) is 4. The van der Waals surface area contributed by atoms with Gasteiger partial charge in [0.1, 0.15) is 82.3 Å². The molecular weight excluding hydrogens is 1680 g/mol. The van der Waals surface area contributed by atoms with Crippen LogP contribution < -0.4 is 43.6 Å². The second kappa shape index (κ2) is 34.4. The zero-order valence-electron chi connectivity index (χ0n) is 60.4. The Morgan fingerprint density at radius 1 is 0.475 bits per heavy atom. The number of nitrogens with zero attached hydrogens (tertiary/aromatic N) is 8. The van der Waals surface area contributed by atoms with Crippen molar-refractivity contribution in [3.63, 3.8) is 0 Å². The number of phosphoric acid groups is 4. The van der Waals surface area contributed by atoms with Crippen LogP contribution in [-0.4, -0.2) is 211 Å². The molecule has 2 saturated heterocycles. The van der Waals surface area contributed by atoms with Crippen molar-refractivity contribution in [1.82, 2.24) is 60.3 Å². The summed E-state index contributed by atoms with van der Waals surface area (Å²) in [7, 11) is -21.8. The quantitative estimate of drug-likeness (QED) is 0.0210.